The van der Waals surface area contributed by atoms with Crippen LogP contribution < -0.4 is 11.1 Å². The van der Waals surface area contributed by atoms with E-state index in [4.69, 9.17) is 10.5 Å². The molecule has 5 heteroatoms. The number of hydrogen-bond donors (Lipinski definition) is 2. The molecule has 0 aliphatic carbocycles. The van der Waals surface area contributed by atoms with E-state index in [1.54, 1.807) is 25.1 Å². The van der Waals surface area contributed by atoms with Gasteiger partial charge in [-0.25, -0.2) is 0 Å². The molecule has 0 aliphatic rings. The first-order chi connectivity index (χ1) is 11.9. The minimum Gasteiger partial charge on any atom is -0.466 e. The lowest BCUT2D eigenvalue weighted by atomic mass is 9.98. The molecule has 132 valence electrons. The van der Waals surface area contributed by atoms with Gasteiger partial charge in [0.05, 0.1) is 19.1 Å². The van der Waals surface area contributed by atoms with Crippen LogP contribution in [0.1, 0.15) is 46.4 Å². The molecule has 25 heavy (non-hydrogen) atoms. The molecular formula is C20H24N2O3. The van der Waals surface area contributed by atoms with Crippen molar-refractivity contribution < 1.29 is 14.3 Å². The third kappa shape index (κ3) is 4.83. The monoisotopic (exact) mass is 340 g/mol. The minimum atomic E-state index is -0.464. The Hall–Kier alpha value is -2.82. The largest absolute Gasteiger partial charge is 0.466 e. The number of nitrogens with two attached hydrogens (primary N) is 1. The van der Waals surface area contributed by atoms with Crippen LogP contribution in [0.25, 0.3) is 0 Å². The van der Waals surface area contributed by atoms with E-state index < -0.39 is 6.04 Å². The molecule has 0 spiro atoms. The van der Waals surface area contributed by atoms with E-state index in [1.807, 2.05) is 38.1 Å². The number of ether oxygens (including phenoxy) is 1. The lowest BCUT2D eigenvalue weighted by molar-refractivity contribution is -0.143. The molecule has 2 aromatic rings. The summed E-state index contributed by atoms with van der Waals surface area (Å²) < 4.78 is 5.05. The maximum atomic E-state index is 12.7. The second kappa shape index (κ2) is 8.33. The van der Waals surface area contributed by atoms with Crippen LogP contribution in [0.15, 0.2) is 42.5 Å². The summed E-state index contributed by atoms with van der Waals surface area (Å²) in [5.74, 6) is -0.609. The topological polar surface area (TPSA) is 81.4 Å². The average molecular weight is 340 g/mol. The number of rotatable bonds is 6. The highest BCUT2D eigenvalue weighted by molar-refractivity contribution is 5.97. The van der Waals surface area contributed by atoms with E-state index >= 15 is 0 Å². The van der Waals surface area contributed by atoms with Crippen molar-refractivity contribution in [3.8, 4) is 0 Å². The number of esters is 1. The van der Waals surface area contributed by atoms with E-state index in [2.05, 4.69) is 5.32 Å². The molecular weight excluding hydrogens is 316 g/mol. The molecule has 0 radical (unpaired) electrons. The first-order valence-electron chi connectivity index (χ1n) is 8.30. The van der Waals surface area contributed by atoms with Crippen LogP contribution in [0.5, 0.6) is 0 Å². The third-order valence-corrected chi connectivity index (χ3v) is 4.05. The van der Waals surface area contributed by atoms with Gasteiger partial charge in [-0.3, -0.25) is 9.59 Å². The number of carbonyl (C=O) groups is 2. The number of aryl methyl sites for hydroxylation is 2. The molecule has 0 heterocycles. The normalized spacial score (nSPS) is 11.6. The average Bonchev–Trinajstić information content (AvgIpc) is 2.57. The van der Waals surface area contributed by atoms with Crippen molar-refractivity contribution in [2.45, 2.75) is 33.2 Å². The number of benzene rings is 2. The Morgan fingerprint density at radius 2 is 1.84 bits per heavy atom. The Morgan fingerprint density at radius 3 is 2.52 bits per heavy atom. The van der Waals surface area contributed by atoms with Gasteiger partial charge in [0.25, 0.3) is 5.91 Å². The van der Waals surface area contributed by atoms with Gasteiger partial charge in [-0.15, -0.1) is 0 Å². The van der Waals surface area contributed by atoms with Gasteiger partial charge in [-0.05, 0) is 49.6 Å². The van der Waals surface area contributed by atoms with Crippen molar-refractivity contribution >= 4 is 17.6 Å². The second-order valence-corrected chi connectivity index (χ2v) is 5.97. The summed E-state index contributed by atoms with van der Waals surface area (Å²) in [5.41, 5.74) is 9.54. The summed E-state index contributed by atoms with van der Waals surface area (Å²) in [5, 5.41) is 2.95. The predicted octanol–water partition coefficient (Wildman–Crippen LogP) is 3.31. The van der Waals surface area contributed by atoms with Crippen molar-refractivity contribution in [2.75, 3.05) is 12.3 Å². The highest BCUT2D eigenvalue weighted by atomic mass is 16.5. The molecule has 0 aromatic heterocycles. The maximum absolute atomic E-state index is 12.7. The second-order valence-electron chi connectivity index (χ2n) is 5.97. The third-order valence-electron chi connectivity index (χ3n) is 4.05. The van der Waals surface area contributed by atoms with E-state index in [1.165, 1.54) is 0 Å². The fourth-order valence-electron chi connectivity index (χ4n) is 2.72. The van der Waals surface area contributed by atoms with Crippen molar-refractivity contribution in [3.63, 3.8) is 0 Å². The molecule has 3 N–H and O–H groups in total. The molecule has 0 bridgehead atoms. The Morgan fingerprint density at radius 1 is 1.12 bits per heavy atom. The van der Waals surface area contributed by atoms with Crippen molar-refractivity contribution in [2.24, 2.45) is 0 Å². The smallest absolute Gasteiger partial charge is 0.308 e. The summed E-state index contributed by atoms with van der Waals surface area (Å²) in [4.78, 5) is 24.7. The SMILES string of the molecule is CCOC(=O)CC(NC(=O)c1cc(N)ccc1C)c1ccccc1C. The van der Waals surface area contributed by atoms with Crippen molar-refractivity contribution in [1.29, 1.82) is 0 Å². The van der Waals surface area contributed by atoms with Gasteiger partial charge in [0, 0.05) is 11.3 Å². The van der Waals surface area contributed by atoms with Gasteiger partial charge >= 0.3 is 5.97 Å². The summed E-state index contributed by atoms with van der Waals surface area (Å²) in [6.45, 7) is 5.87. The van der Waals surface area contributed by atoms with Gasteiger partial charge in [-0.2, -0.15) is 0 Å². The van der Waals surface area contributed by atoms with Gasteiger partial charge in [0.1, 0.15) is 0 Å². The molecule has 2 aromatic carbocycles. The standard InChI is InChI=1S/C20H24N2O3/c1-4-25-19(23)12-18(16-8-6-5-7-13(16)2)22-20(24)17-11-15(21)10-9-14(17)3/h5-11,18H,4,12,21H2,1-3H3,(H,22,24). The number of nitrogen functional groups attached to an aromatic ring is 1. The maximum Gasteiger partial charge on any atom is 0.308 e. The van der Waals surface area contributed by atoms with Crippen LogP contribution >= 0.6 is 0 Å². The quantitative estimate of drug-likeness (QED) is 0.624. The molecule has 1 unspecified atom stereocenters. The van der Waals surface area contributed by atoms with E-state index in [0.29, 0.717) is 17.9 Å². The van der Waals surface area contributed by atoms with Crippen molar-refractivity contribution in [1.82, 2.24) is 5.32 Å². The Labute approximate surface area is 148 Å². The molecule has 1 atom stereocenters. The highest BCUT2D eigenvalue weighted by Crippen LogP contribution is 2.23. The van der Waals surface area contributed by atoms with Crippen LogP contribution in [-0.2, 0) is 9.53 Å². The van der Waals surface area contributed by atoms with Gasteiger partial charge in [0.15, 0.2) is 0 Å². The van der Waals surface area contributed by atoms with E-state index in [-0.39, 0.29) is 18.3 Å². The molecule has 2 rings (SSSR count). The van der Waals surface area contributed by atoms with Crippen LogP contribution in [0.4, 0.5) is 5.69 Å². The molecule has 5 nitrogen and oxygen atoms in total. The molecule has 0 saturated carbocycles. The molecule has 0 fully saturated rings. The van der Waals surface area contributed by atoms with Crippen LogP contribution in [0.3, 0.4) is 0 Å². The van der Waals surface area contributed by atoms with Crippen LogP contribution in [0.2, 0.25) is 0 Å². The minimum absolute atomic E-state index is 0.0752. The lowest BCUT2D eigenvalue weighted by Gasteiger charge is -2.21. The number of anilines is 1. The predicted molar refractivity (Wildman–Crippen MR) is 98.2 cm³/mol. The number of hydrogen-bond acceptors (Lipinski definition) is 4. The van der Waals surface area contributed by atoms with Crippen LogP contribution in [-0.4, -0.2) is 18.5 Å². The van der Waals surface area contributed by atoms with Gasteiger partial charge in [-0.1, -0.05) is 30.3 Å². The van der Waals surface area contributed by atoms with Gasteiger partial charge < -0.3 is 15.8 Å². The van der Waals surface area contributed by atoms with Crippen molar-refractivity contribution in [3.05, 3.63) is 64.7 Å². The summed E-state index contributed by atoms with van der Waals surface area (Å²) in [6, 6.07) is 12.4. The van der Waals surface area contributed by atoms with Gasteiger partial charge in [0.2, 0.25) is 0 Å². The zero-order valence-corrected chi connectivity index (χ0v) is 14.8. The Balaban J connectivity index is 2.29. The summed E-state index contributed by atoms with van der Waals surface area (Å²) in [6.07, 6.45) is 0.0752. The van der Waals surface area contributed by atoms with Crippen LogP contribution in [0, 0.1) is 13.8 Å². The fourth-order valence-corrected chi connectivity index (χ4v) is 2.72. The number of carbonyl (C=O) groups excluding carboxylic acids is 2. The molecule has 1 amide bonds. The first-order valence-corrected chi connectivity index (χ1v) is 8.30. The first kappa shape index (κ1) is 18.5. The number of amides is 1. The summed E-state index contributed by atoms with van der Waals surface area (Å²) >= 11 is 0. The zero-order valence-electron chi connectivity index (χ0n) is 14.8. The van der Waals surface area contributed by atoms with E-state index in [9.17, 15) is 9.59 Å². The number of nitrogens with one attached hydrogen (secondary N) is 1. The molecule has 0 aliphatic heterocycles. The zero-order chi connectivity index (χ0) is 18.4. The summed E-state index contributed by atoms with van der Waals surface area (Å²) in [7, 11) is 0. The van der Waals surface area contributed by atoms with E-state index in [0.717, 1.165) is 16.7 Å². The lowest BCUT2D eigenvalue weighted by Crippen LogP contribution is -2.31. The Kier molecular flexibility index (Phi) is 6.17. The molecule has 0 saturated heterocycles. The fraction of sp³-hybridized carbons (Fsp3) is 0.300. The highest BCUT2D eigenvalue weighted by Gasteiger charge is 2.22. The Bertz CT molecular complexity index is 771.